The minimum Gasteiger partial charge on any atom is -0.418 e. The van der Waals surface area contributed by atoms with Crippen LogP contribution in [-0.2, 0) is 24.8 Å². The maximum absolute atomic E-state index is 11.2. The molecule has 16 heavy (non-hydrogen) atoms. The predicted octanol–water partition coefficient (Wildman–Crippen LogP) is 2.00. The quantitative estimate of drug-likeness (QED) is 0.557. The van der Waals surface area contributed by atoms with Crippen LogP contribution in [0.4, 0.5) is 0 Å². The molecule has 84 valence electrons. The lowest BCUT2D eigenvalue weighted by atomic mass is 10.1. The molecule has 5 heteroatoms. The van der Waals surface area contributed by atoms with Gasteiger partial charge in [-0.05, 0) is 12.1 Å². The van der Waals surface area contributed by atoms with E-state index in [1.807, 2.05) is 0 Å². The molecule has 0 bridgehead atoms. The minimum atomic E-state index is -1.38. The highest BCUT2D eigenvalue weighted by molar-refractivity contribution is 6.30. The first-order valence-electron chi connectivity index (χ1n) is 4.69. The van der Waals surface area contributed by atoms with Crippen LogP contribution < -0.4 is 0 Å². The number of carbonyl (C=O) groups excluding carboxylic acids is 2. The minimum absolute atomic E-state index is 0.351. The SMILES string of the molecule is CC1(c2cccc(Cl)c2)OC(=O)CC(=O)O1. The number of hydrogen-bond acceptors (Lipinski definition) is 4. The summed E-state index contributed by atoms with van der Waals surface area (Å²) in [5.41, 5.74) is 0.529. The summed E-state index contributed by atoms with van der Waals surface area (Å²) >= 11 is 5.82. The zero-order valence-corrected chi connectivity index (χ0v) is 9.28. The molecule has 4 nitrogen and oxygen atoms in total. The molecule has 0 aromatic heterocycles. The number of esters is 2. The van der Waals surface area contributed by atoms with Crippen LogP contribution in [0.2, 0.25) is 5.02 Å². The maximum Gasteiger partial charge on any atom is 0.320 e. The number of rotatable bonds is 1. The summed E-state index contributed by atoms with van der Waals surface area (Å²) in [4.78, 5) is 22.4. The van der Waals surface area contributed by atoms with Crippen molar-refractivity contribution in [3.8, 4) is 0 Å². The molecule has 1 saturated heterocycles. The lowest BCUT2D eigenvalue weighted by Crippen LogP contribution is -2.40. The molecular weight excluding hydrogens is 232 g/mol. The fraction of sp³-hybridized carbons (Fsp3) is 0.273. The fourth-order valence-corrected chi connectivity index (χ4v) is 1.72. The van der Waals surface area contributed by atoms with Crippen LogP contribution in [0.1, 0.15) is 18.9 Å². The van der Waals surface area contributed by atoms with Gasteiger partial charge >= 0.3 is 11.9 Å². The molecule has 1 aromatic carbocycles. The number of hydrogen-bond donors (Lipinski definition) is 0. The molecule has 0 amide bonds. The Morgan fingerprint density at radius 2 is 1.88 bits per heavy atom. The van der Waals surface area contributed by atoms with Gasteiger partial charge in [0.25, 0.3) is 5.79 Å². The fourth-order valence-electron chi connectivity index (χ4n) is 1.53. The molecule has 0 atom stereocenters. The highest BCUT2D eigenvalue weighted by atomic mass is 35.5. The number of cyclic esters (lactones) is 2. The second-order valence-corrected chi connectivity index (χ2v) is 4.02. The van der Waals surface area contributed by atoms with Crippen molar-refractivity contribution in [1.29, 1.82) is 0 Å². The van der Waals surface area contributed by atoms with Crippen LogP contribution in [0.25, 0.3) is 0 Å². The smallest absolute Gasteiger partial charge is 0.320 e. The van der Waals surface area contributed by atoms with Gasteiger partial charge < -0.3 is 9.47 Å². The van der Waals surface area contributed by atoms with Crippen molar-refractivity contribution >= 4 is 23.5 Å². The summed E-state index contributed by atoms with van der Waals surface area (Å²) < 4.78 is 10.1. The lowest BCUT2D eigenvalue weighted by molar-refractivity contribution is -0.242. The van der Waals surface area contributed by atoms with E-state index < -0.39 is 17.7 Å². The zero-order chi connectivity index (χ0) is 11.8. The Kier molecular flexibility index (Phi) is 2.59. The Labute approximate surface area is 97.1 Å². The number of benzene rings is 1. The van der Waals surface area contributed by atoms with Gasteiger partial charge in [0.2, 0.25) is 0 Å². The van der Waals surface area contributed by atoms with Gasteiger partial charge in [0.05, 0.1) is 0 Å². The van der Waals surface area contributed by atoms with Gasteiger partial charge in [0.1, 0.15) is 6.42 Å². The second kappa shape index (κ2) is 3.79. The Morgan fingerprint density at radius 3 is 2.44 bits per heavy atom. The molecular formula is C11H9ClO4. The van der Waals surface area contributed by atoms with Crippen LogP contribution in [0.3, 0.4) is 0 Å². The molecule has 2 rings (SSSR count). The molecule has 0 saturated carbocycles. The van der Waals surface area contributed by atoms with E-state index in [4.69, 9.17) is 21.1 Å². The molecule has 0 spiro atoms. The summed E-state index contributed by atoms with van der Waals surface area (Å²) in [6.45, 7) is 1.51. The predicted molar refractivity (Wildman–Crippen MR) is 55.6 cm³/mol. The van der Waals surface area contributed by atoms with Gasteiger partial charge in [-0.15, -0.1) is 0 Å². The van der Waals surface area contributed by atoms with Crippen LogP contribution in [0.15, 0.2) is 24.3 Å². The van der Waals surface area contributed by atoms with Gasteiger partial charge in [0.15, 0.2) is 0 Å². The third-order valence-corrected chi connectivity index (χ3v) is 2.49. The van der Waals surface area contributed by atoms with Gasteiger partial charge in [-0.25, -0.2) is 0 Å². The van der Waals surface area contributed by atoms with E-state index >= 15 is 0 Å². The van der Waals surface area contributed by atoms with Crippen LogP contribution in [0, 0.1) is 0 Å². The molecule has 1 heterocycles. The van der Waals surface area contributed by atoms with Gasteiger partial charge in [-0.2, -0.15) is 0 Å². The Balaban J connectivity index is 2.37. The highest BCUT2D eigenvalue weighted by Gasteiger charge is 2.40. The van der Waals surface area contributed by atoms with Crippen molar-refractivity contribution in [2.45, 2.75) is 19.1 Å². The van der Waals surface area contributed by atoms with Crippen LogP contribution in [-0.4, -0.2) is 11.9 Å². The lowest BCUT2D eigenvalue weighted by Gasteiger charge is -2.32. The van der Waals surface area contributed by atoms with Gasteiger partial charge in [0, 0.05) is 17.5 Å². The first kappa shape index (κ1) is 11.0. The first-order valence-corrected chi connectivity index (χ1v) is 5.07. The van der Waals surface area contributed by atoms with Crippen molar-refractivity contribution in [3.05, 3.63) is 34.9 Å². The molecule has 1 fully saturated rings. The summed E-state index contributed by atoms with van der Waals surface area (Å²) in [5, 5.41) is 0.483. The van der Waals surface area contributed by atoms with Crippen LogP contribution >= 0.6 is 11.6 Å². The molecule has 0 aliphatic carbocycles. The monoisotopic (exact) mass is 240 g/mol. The molecule has 1 aliphatic rings. The Bertz CT molecular complexity index is 439. The van der Waals surface area contributed by atoms with Crippen molar-refractivity contribution in [2.75, 3.05) is 0 Å². The zero-order valence-electron chi connectivity index (χ0n) is 8.53. The normalized spacial score (nSPS) is 18.9. The van der Waals surface area contributed by atoms with E-state index in [1.165, 1.54) is 6.92 Å². The van der Waals surface area contributed by atoms with Crippen molar-refractivity contribution < 1.29 is 19.1 Å². The van der Waals surface area contributed by atoms with Crippen molar-refractivity contribution in [3.63, 3.8) is 0 Å². The van der Waals surface area contributed by atoms with Gasteiger partial charge in [-0.3, -0.25) is 9.59 Å². The van der Waals surface area contributed by atoms with E-state index in [9.17, 15) is 9.59 Å². The summed E-state index contributed by atoms with van der Waals surface area (Å²) in [7, 11) is 0. The highest BCUT2D eigenvalue weighted by Crippen LogP contribution is 2.32. The molecule has 1 aliphatic heterocycles. The van der Waals surface area contributed by atoms with E-state index in [2.05, 4.69) is 0 Å². The topological polar surface area (TPSA) is 52.6 Å². The summed E-state index contributed by atoms with van der Waals surface area (Å²) in [5.74, 6) is -2.57. The third-order valence-electron chi connectivity index (χ3n) is 2.25. The van der Waals surface area contributed by atoms with E-state index in [0.717, 1.165) is 0 Å². The van der Waals surface area contributed by atoms with Crippen LogP contribution in [0.5, 0.6) is 0 Å². The third kappa shape index (κ3) is 2.02. The van der Waals surface area contributed by atoms with E-state index in [0.29, 0.717) is 10.6 Å². The molecule has 1 aromatic rings. The molecule has 0 N–H and O–H groups in total. The molecule has 0 unspecified atom stereocenters. The number of ether oxygens (including phenoxy) is 2. The Morgan fingerprint density at radius 1 is 1.25 bits per heavy atom. The van der Waals surface area contributed by atoms with Crippen molar-refractivity contribution in [2.24, 2.45) is 0 Å². The number of carbonyl (C=O) groups is 2. The maximum atomic E-state index is 11.2. The van der Waals surface area contributed by atoms with E-state index in [-0.39, 0.29) is 6.42 Å². The van der Waals surface area contributed by atoms with Gasteiger partial charge in [-0.1, -0.05) is 23.7 Å². The first-order chi connectivity index (χ1) is 7.49. The average Bonchev–Trinajstić information content (AvgIpc) is 2.15. The second-order valence-electron chi connectivity index (χ2n) is 3.58. The summed E-state index contributed by atoms with van der Waals surface area (Å²) in [6.07, 6.45) is -0.351. The average molecular weight is 241 g/mol. The van der Waals surface area contributed by atoms with Crippen molar-refractivity contribution in [1.82, 2.24) is 0 Å². The number of halogens is 1. The Hall–Kier alpha value is -1.55. The largest absolute Gasteiger partial charge is 0.418 e. The molecule has 0 radical (unpaired) electrons. The summed E-state index contributed by atoms with van der Waals surface area (Å²) in [6, 6.07) is 6.64. The van der Waals surface area contributed by atoms with E-state index in [1.54, 1.807) is 24.3 Å². The standard InChI is InChI=1S/C11H9ClO4/c1-11(7-3-2-4-8(12)5-7)15-9(13)6-10(14)16-11/h2-5H,6H2,1H3.